The molecule has 1 aromatic carbocycles. The maximum absolute atomic E-state index is 12.8. The fraction of sp³-hybridized carbons (Fsp3) is 0.312. The summed E-state index contributed by atoms with van der Waals surface area (Å²) in [6.07, 6.45) is 0.945. The average molecular weight is 366 g/mol. The standard InChI is InChI=1S/C16H16BrNO2S/c1-10-12-6-8-21-15(12)5-7-18(10)16(19)11-3-4-14(20-2)13(17)9-11/h3-4,6,8-10H,5,7H2,1-2H3. The molecule has 0 radical (unpaired) electrons. The molecule has 0 saturated carbocycles. The fourth-order valence-corrected chi connectivity index (χ4v) is 4.26. The van der Waals surface area contributed by atoms with Gasteiger partial charge < -0.3 is 9.64 Å². The number of hydrogen-bond donors (Lipinski definition) is 0. The van der Waals surface area contributed by atoms with E-state index in [0.29, 0.717) is 5.56 Å². The van der Waals surface area contributed by atoms with Crippen LogP contribution in [0.25, 0.3) is 0 Å². The van der Waals surface area contributed by atoms with Gasteiger partial charge in [-0.15, -0.1) is 11.3 Å². The summed E-state index contributed by atoms with van der Waals surface area (Å²) in [6, 6.07) is 7.74. The van der Waals surface area contributed by atoms with Gasteiger partial charge in [0.1, 0.15) is 5.75 Å². The van der Waals surface area contributed by atoms with E-state index in [9.17, 15) is 4.79 Å². The van der Waals surface area contributed by atoms with Gasteiger partial charge in [-0.2, -0.15) is 0 Å². The molecule has 2 heterocycles. The Morgan fingerprint density at radius 3 is 2.95 bits per heavy atom. The number of methoxy groups -OCH3 is 1. The number of amides is 1. The zero-order valence-corrected chi connectivity index (χ0v) is 14.3. The Balaban J connectivity index is 1.88. The second-order valence-corrected chi connectivity index (χ2v) is 6.93. The number of thiophene rings is 1. The number of carbonyl (C=O) groups is 1. The molecule has 1 aliphatic rings. The number of hydrogen-bond acceptors (Lipinski definition) is 3. The van der Waals surface area contributed by atoms with Crippen molar-refractivity contribution in [3.8, 4) is 5.75 Å². The molecule has 3 nitrogen and oxygen atoms in total. The Kier molecular flexibility index (Phi) is 4.04. The van der Waals surface area contributed by atoms with E-state index in [4.69, 9.17) is 4.74 Å². The second kappa shape index (κ2) is 5.81. The Labute approximate surface area is 136 Å². The van der Waals surface area contributed by atoms with Gasteiger partial charge >= 0.3 is 0 Å². The van der Waals surface area contributed by atoms with Crippen LogP contribution in [0.3, 0.4) is 0 Å². The molecule has 0 saturated heterocycles. The number of halogens is 1. The predicted molar refractivity (Wildman–Crippen MR) is 88.2 cm³/mol. The highest BCUT2D eigenvalue weighted by atomic mass is 79.9. The third-order valence-electron chi connectivity index (χ3n) is 3.94. The number of fused-ring (bicyclic) bond motifs is 1. The van der Waals surface area contributed by atoms with E-state index in [1.165, 1.54) is 10.4 Å². The molecule has 21 heavy (non-hydrogen) atoms. The summed E-state index contributed by atoms with van der Waals surface area (Å²) in [5, 5.41) is 2.11. The first-order valence-electron chi connectivity index (χ1n) is 6.82. The van der Waals surface area contributed by atoms with Gasteiger partial charge in [0, 0.05) is 17.0 Å². The summed E-state index contributed by atoms with van der Waals surface area (Å²) >= 11 is 5.22. The molecule has 0 bridgehead atoms. The maximum Gasteiger partial charge on any atom is 0.254 e. The van der Waals surface area contributed by atoms with E-state index in [2.05, 4.69) is 34.3 Å². The number of nitrogens with zero attached hydrogens (tertiary/aromatic N) is 1. The molecular formula is C16H16BrNO2S. The van der Waals surface area contributed by atoms with E-state index in [1.54, 1.807) is 18.4 Å². The fourth-order valence-electron chi connectivity index (χ4n) is 2.75. The average Bonchev–Trinajstić information content (AvgIpc) is 2.96. The van der Waals surface area contributed by atoms with Crippen molar-refractivity contribution in [1.29, 1.82) is 0 Å². The Morgan fingerprint density at radius 1 is 1.43 bits per heavy atom. The van der Waals surface area contributed by atoms with Crippen LogP contribution in [-0.2, 0) is 6.42 Å². The lowest BCUT2D eigenvalue weighted by molar-refractivity contribution is 0.0679. The molecule has 1 aromatic heterocycles. The molecule has 110 valence electrons. The maximum atomic E-state index is 12.8. The molecular weight excluding hydrogens is 350 g/mol. The Hall–Kier alpha value is -1.33. The van der Waals surface area contributed by atoms with Crippen LogP contribution in [0, 0.1) is 0 Å². The lowest BCUT2D eigenvalue weighted by Gasteiger charge is -2.33. The predicted octanol–water partition coefficient (Wildman–Crippen LogP) is 4.28. The van der Waals surface area contributed by atoms with Crippen molar-refractivity contribution < 1.29 is 9.53 Å². The van der Waals surface area contributed by atoms with Gasteiger partial charge in [0.2, 0.25) is 0 Å². The quantitative estimate of drug-likeness (QED) is 0.794. The molecule has 3 rings (SSSR count). The minimum atomic E-state index is 0.0719. The summed E-state index contributed by atoms with van der Waals surface area (Å²) < 4.78 is 6.01. The van der Waals surface area contributed by atoms with Crippen molar-refractivity contribution >= 4 is 33.2 Å². The van der Waals surface area contributed by atoms with Gasteiger partial charge in [-0.25, -0.2) is 0 Å². The van der Waals surface area contributed by atoms with Crippen molar-refractivity contribution in [2.24, 2.45) is 0 Å². The number of carbonyl (C=O) groups excluding carboxylic acids is 1. The molecule has 2 aromatic rings. The lowest BCUT2D eigenvalue weighted by Crippen LogP contribution is -2.38. The highest BCUT2D eigenvalue weighted by Crippen LogP contribution is 2.34. The van der Waals surface area contributed by atoms with Gasteiger partial charge in [0.25, 0.3) is 5.91 Å². The summed E-state index contributed by atoms with van der Waals surface area (Å²) in [5.41, 5.74) is 1.97. The normalized spacial score (nSPS) is 17.5. The van der Waals surface area contributed by atoms with Gasteiger partial charge in [0.05, 0.1) is 17.6 Å². The van der Waals surface area contributed by atoms with Crippen molar-refractivity contribution in [1.82, 2.24) is 4.90 Å². The topological polar surface area (TPSA) is 29.5 Å². The van der Waals surface area contributed by atoms with Gasteiger partial charge in [-0.1, -0.05) is 0 Å². The van der Waals surface area contributed by atoms with Crippen molar-refractivity contribution in [2.45, 2.75) is 19.4 Å². The van der Waals surface area contributed by atoms with Crippen LogP contribution in [0.1, 0.15) is 33.8 Å². The minimum Gasteiger partial charge on any atom is -0.496 e. The van der Waals surface area contributed by atoms with Gasteiger partial charge in [0.15, 0.2) is 0 Å². The van der Waals surface area contributed by atoms with Crippen LogP contribution in [-0.4, -0.2) is 24.5 Å². The van der Waals surface area contributed by atoms with Gasteiger partial charge in [-0.3, -0.25) is 4.79 Å². The highest BCUT2D eigenvalue weighted by molar-refractivity contribution is 9.10. The van der Waals surface area contributed by atoms with E-state index in [1.807, 2.05) is 23.1 Å². The van der Waals surface area contributed by atoms with Crippen LogP contribution in [0.15, 0.2) is 34.1 Å². The van der Waals surface area contributed by atoms with E-state index in [0.717, 1.165) is 23.2 Å². The lowest BCUT2D eigenvalue weighted by atomic mass is 10.0. The van der Waals surface area contributed by atoms with E-state index >= 15 is 0 Å². The van der Waals surface area contributed by atoms with E-state index < -0.39 is 0 Å². The molecule has 1 atom stereocenters. The molecule has 0 N–H and O–H groups in total. The zero-order chi connectivity index (χ0) is 15.0. The highest BCUT2D eigenvalue weighted by Gasteiger charge is 2.29. The summed E-state index contributed by atoms with van der Waals surface area (Å²) in [7, 11) is 1.62. The molecule has 1 unspecified atom stereocenters. The van der Waals surface area contributed by atoms with Gasteiger partial charge in [-0.05, 0) is 64.5 Å². The summed E-state index contributed by atoms with van der Waals surface area (Å²) in [6.45, 7) is 2.87. The Morgan fingerprint density at radius 2 is 2.24 bits per heavy atom. The van der Waals surface area contributed by atoms with Crippen LogP contribution in [0.2, 0.25) is 0 Å². The first-order chi connectivity index (χ1) is 10.1. The van der Waals surface area contributed by atoms with Crippen molar-refractivity contribution in [2.75, 3.05) is 13.7 Å². The summed E-state index contributed by atoms with van der Waals surface area (Å²) in [4.78, 5) is 16.1. The molecule has 0 spiro atoms. The minimum absolute atomic E-state index is 0.0719. The molecule has 0 fully saturated rings. The second-order valence-electron chi connectivity index (χ2n) is 5.07. The van der Waals surface area contributed by atoms with Crippen LogP contribution < -0.4 is 4.74 Å². The molecule has 1 amide bonds. The van der Waals surface area contributed by atoms with Crippen LogP contribution >= 0.6 is 27.3 Å². The molecule has 0 aliphatic carbocycles. The molecule has 5 heteroatoms. The Bertz CT molecular complexity index is 683. The number of benzene rings is 1. The molecule has 1 aliphatic heterocycles. The monoisotopic (exact) mass is 365 g/mol. The zero-order valence-electron chi connectivity index (χ0n) is 11.9. The van der Waals surface area contributed by atoms with Crippen LogP contribution in [0.4, 0.5) is 0 Å². The number of rotatable bonds is 2. The SMILES string of the molecule is COc1ccc(C(=O)N2CCc3sccc3C2C)cc1Br. The summed E-state index contributed by atoms with van der Waals surface area (Å²) in [5.74, 6) is 0.807. The van der Waals surface area contributed by atoms with Crippen molar-refractivity contribution in [3.05, 3.63) is 50.1 Å². The van der Waals surface area contributed by atoms with Crippen LogP contribution in [0.5, 0.6) is 5.75 Å². The first kappa shape index (κ1) is 14.6. The first-order valence-corrected chi connectivity index (χ1v) is 8.50. The third kappa shape index (κ3) is 2.60. The number of ether oxygens (including phenoxy) is 1. The largest absolute Gasteiger partial charge is 0.496 e. The third-order valence-corrected chi connectivity index (χ3v) is 5.55. The van der Waals surface area contributed by atoms with Crippen molar-refractivity contribution in [3.63, 3.8) is 0 Å². The van der Waals surface area contributed by atoms with E-state index in [-0.39, 0.29) is 11.9 Å². The smallest absolute Gasteiger partial charge is 0.254 e.